The normalized spacial score (nSPS) is 12.8. The summed E-state index contributed by atoms with van der Waals surface area (Å²) in [5.41, 5.74) is 2.04. The summed E-state index contributed by atoms with van der Waals surface area (Å²) in [5.74, 6) is -0.174. The first-order valence-corrected chi connectivity index (χ1v) is 9.38. The summed E-state index contributed by atoms with van der Waals surface area (Å²) >= 11 is 0. The van der Waals surface area contributed by atoms with Crippen LogP contribution in [0.4, 0.5) is 5.69 Å². The molecule has 1 fully saturated rings. The molecular formula is C21H23N3O5. The predicted molar refractivity (Wildman–Crippen MR) is 106 cm³/mol. The molecule has 3 rings (SSSR count). The Labute approximate surface area is 168 Å². The Morgan fingerprint density at radius 1 is 1.28 bits per heavy atom. The van der Waals surface area contributed by atoms with E-state index in [0.717, 1.165) is 18.4 Å². The van der Waals surface area contributed by atoms with Crippen LogP contribution in [0.25, 0.3) is 0 Å². The molecule has 1 aliphatic carbocycles. The number of amides is 2. The quantitative estimate of drug-likeness (QED) is 0.516. The highest BCUT2D eigenvalue weighted by atomic mass is 16.5. The average Bonchev–Trinajstić information content (AvgIpc) is 3.58. The standard InChI is InChI=1S/C21H23N3O5/c1-3-29-19-10-15(5-9-17(19)23-13-25)20(26)24(16-6-7-16)12-14-4-8-18(22-11-14)21(27)28-2/h4-5,8-11,13,16H,3,6-7,12H2,1-2H3,(H,23,25). The van der Waals surface area contributed by atoms with Crippen molar-refractivity contribution in [1.29, 1.82) is 0 Å². The lowest BCUT2D eigenvalue weighted by Crippen LogP contribution is -2.32. The lowest BCUT2D eigenvalue weighted by Gasteiger charge is -2.23. The van der Waals surface area contributed by atoms with Crippen LogP contribution in [0.5, 0.6) is 5.75 Å². The molecular weight excluding hydrogens is 374 g/mol. The van der Waals surface area contributed by atoms with E-state index in [1.54, 1.807) is 41.4 Å². The molecule has 1 aromatic heterocycles. The van der Waals surface area contributed by atoms with Gasteiger partial charge >= 0.3 is 5.97 Å². The molecule has 0 spiro atoms. The minimum absolute atomic E-state index is 0.122. The van der Waals surface area contributed by atoms with Crippen molar-refractivity contribution < 1.29 is 23.9 Å². The Bertz CT molecular complexity index is 894. The lowest BCUT2D eigenvalue weighted by molar-refractivity contribution is -0.105. The highest BCUT2D eigenvalue weighted by molar-refractivity contribution is 5.96. The Hall–Kier alpha value is -3.42. The second-order valence-electron chi connectivity index (χ2n) is 6.61. The fourth-order valence-electron chi connectivity index (χ4n) is 2.97. The number of carbonyl (C=O) groups excluding carboxylic acids is 3. The van der Waals surface area contributed by atoms with Crippen LogP contribution in [-0.4, -0.2) is 47.9 Å². The Morgan fingerprint density at radius 2 is 2.07 bits per heavy atom. The van der Waals surface area contributed by atoms with E-state index in [9.17, 15) is 14.4 Å². The third-order valence-corrected chi connectivity index (χ3v) is 4.56. The number of aromatic nitrogens is 1. The van der Waals surface area contributed by atoms with Gasteiger partial charge in [0.05, 0.1) is 19.4 Å². The molecule has 0 bridgehead atoms. The summed E-state index contributed by atoms with van der Waals surface area (Å²) in [6.07, 6.45) is 4.05. The van der Waals surface area contributed by atoms with Gasteiger partial charge in [-0.05, 0) is 49.6 Å². The van der Waals surface area contributed by atoms with Crippen LogP contribution in [-0.2, 0) is 16.1 Å². The fourth-order valence-corrected chi connectivity index (χ4v) is 2.97. The van der Waals surface area contributed by atoms with Gasteiger partial charge in [-0.1, -0.05) is 6.07 Å². The third kappa shape index (κ3) is 4.90. The van der Waals surface area contributed by atoms with Gasteiger partial charge in [-0.25, -0.2) is 9.78 Å². The van der Waals surface area contributed by atoms with Crippen LogP contribution in [0, 0.1) is 0 Å². The number of benzene rings is 1. The molecule has 152 valence electrons. The molecule has 8 nitrogen and oxygen atoms in total. The molecule has 0 unspecified atom stereocenters. The van der Waals surface area contributed by atoms with Gasteiger partial charge in [-0.15, -0.1) is 0 Å². The van der Waals surface area contributed by atoms with Crippen molar-refractivity contribution >= 4 is 24.0 Å². The monoisotopic (exact) mass is 397 g/mol. The molecule has 1 heterocycles. The number of nitrogens with one attached hydrogen (secondary N) is 1. The predicted octanol–water partition coefficient (Wildman–Crippen LogP) is 2.64. The average molecular weight is 397 g/mol. The van der Waals surface area contributed by atoms with Crippen LogP contribution >= 0.6 is 0 Å². The van der Waals surface area contributed by atoms with E-state index in [1.807, 2.05) is 6.92 Å². The van der Waals surface area contributed by atoms with E-state index < -0.39 is 5.97 Å². The van der Waals surface area contributed by atoms with E-state index in [-0.39, 0.29) is 17.6 Å². The van der Waals surface area contributed by atoms with Gasteiger partial charge in [-0.3, -0.25) is 9.59 Å². The fraction of sp³-hybridized carbons (Fsp3) is 0.333. The molecule has 1 aromatic carbocycles. The van der Waals surface area contributed by atoms with E-state index in [4.69, 9.17) is 4.74 Å². The number of ether oxygens (including phenoxy) is 2. The maximum absolute atomic E-state index is 13.2. The molecule has 8 heteroatoms. The van der Waals surface area contributed by atoms with Crippen molar-refractivity contribution in [3.63, 3.8) is 0 Å². The second-order valence-corrected chi connectivity index (χ2v) is 6.61. The summed E-state index contributed by atoms with van der Waals surface area (Å²) in [7, 11) is 1.30. The Kier molecular flexibility index (Phi) is 6.43. The number of pyridine rings is 1. The third-order valence-electron chi connectivity index (χ3n) is 4.56. The van der Waals surface area contributed by atoms with Gasteiger partial charge in [0, 0.05) is 24.3 Å². The maximum atomic E-state index is 13.2. The highest BCUT2D eigenvalue weighted by Gasteiger charge is 2.33. The van der Waals surface area contributed by atoms with E-state index in [0.29, 0.717) is 36.6 Å². The first kappa shape index (κ1) is 20.3. The summed E-state index contributed by atoms with van der Waals surface area (Å²) in [5, 5.41) is 2.57. The summed E-state index contributed by atoms with van der Waals surface area (Å²) in [6, 6.07) is 8.50. The molecule has 0 aliphatic heterocycles. The Morgan fingerprint density at radius 3 is 2.66 bits per heavy atom. The number of carbonyl (C=O) groups is 3. The number of hydrogen-bond donors (Lipinski definition) is 1. The van der Waals surface area contributed by atoms with Gasteiger partial charge in [0.25, 0.3) is 5.91 Å². The second kappa shape index (κ2) is 9.18. The van der Waals surface area contributed by atoms with Crippen molar-refractivity contribution in [2.75, 3.05) is 19.0 Å². The van der Waals surface area contributed by atoms with Gasteiger partial charge in [0.2, 0.25) is 6.41 Å². The molecule has 2 aromatic rings. The summed E-state index contributed by atoms with van der Waals surface area (Å²) in [4.78, 5) is 41.4. The van der Waals surface area contributed by atoms with Gasteiger partial charge in [0.1, 0.15) is 11.4 Å². The van der Waals surface area contributed by atoms with Crippen molar-refractivity contribution in [2.24, 2.45) is 0 Å². The van der Waals surface area contributed by atoms with E-state index in [1.165, 1.54) is 7.11 Å². The van der Waals surface area contributed by atoms with Crippen LogP contribution < -0.4 is 10.1 Å². The van der Waals surface area contributed by atoms with Crippen LogP contribution in [0.2, 0.25) is 0 Å². The van der Waals surface area contributed by atoms with Crippen molar-refractivity contribution in [3.05, 3.63) is 53.3 Å². The highest BCUT2D eigenvalue weighted by Crippen LogP contribution is 2.32. The minimum atomic E-state index is -0.501. The molecule has 1 aliphatic rings. The van der Waals surface area contributed by atoms with E-state index in [2.05, 4.69) is 15.0 Å². The first-order chi connectivity index (χ1) is 14.1. The van der Waals surface area contributed by atoms with Gasteiger partial charge < -0.3 is 19.7 Å². The molecule has 0 saturated heterocycles. The largest absolute Gasteiger partial charge is 0.492 e. The smallest absolute Gasteiger partial charge is 0.356 e. The molecule has 29 heavy (non-hydrogen) atoms. The first-order valence-electron chi connectivity index (χ1n) is 9.38. The minimum Gasteiger partial charge on any atom is -0.492 e. The number of rotatable bonds is 9. The zero-order chi connectivity index (χ0) is 20.8. The van der Waals surface area contributed by atoms with Crippen molar-refractivity contribution in [3.8, 4) is 5.75 Å². The molecule has 0 radical (unpaired) electrons. The van der Waals surface area contributed by atoms with Gasteiger partial charge in [0.15, 0.2) is 0 Å². The zero-order valence-electron chi connectivity index (χ0n) is 16.4. The SMILES string of the molecule is CCOc1cc(C(=O)N(Cc2ccc(C(=O)OC)nc2)C2CC2)ccc1NC=O. The van der Waals surface area contributed by atoms with Crippen LogP contribution in [0.1, 0.15) is 46.2 Å². The topological polar surface area (TPSA) is 97.8 Å². The Balaban J connectivity index is 1.80. The molecule has 1 saturated carbocycles. The molecule has 1 N–H and O–H groups in total. The van der Waals surface area contributed by atoms with Crippen molar-refractivity contribution in [2.45, 2.75) is 32.4 Å². The number of hydrogen-bond acceptors (Lipinski definition) is 6. The molecule has 0 atom stereocenters. The van der Waals surface area contributed by atoms with E-state index >= 15 is 0 Å². The van der Waals surface area contributed by atoms with Crippen LogP contribution in [0.15, 0.2) is 36.5 Å². The summed E-state index contributed by atoms with van der Waals surface area (Å²) in [6.45, 7) is 2.63. The number of nitrogens with zero attached hydrogens (tertiary/aromatic N) is 2. The number of anilines is 1. The lowest BCUT2D eigenvalue weighted by atomic mass is 10.1. The van der Waals surface area contributed by atoms with Crippen molar-refractivity contribution in [1.82, 2.24) is 9.88 Å². The van der Waals surface area contributed by atoms with Crippen LogP contribution in [0.3, 0.4) is 0 Å². The maximum Gasteiger partial charge on any atom is 0.356 e. The number of methoxy groups -OCH3 is 1. The number of esters is 1. The van der Waals surface area contributed by atoms with Gasteiger partial charge in [-0.2, -0.15) is 0 Å². The zero-order valence-corrected chi connectivity index (χ0v) is 16.4. The summed E-state index contributed by atoms with van der Waals surface area (Å²) < 4.78 is 10.2. The molecule has 2 amide bonds.